The third-order valence-corrected chi connectivity index (χ3v) is 7.63. The average Bonchev–Trinajstić information content (AvgIpc) is 3.11. The number of sulfonamides is 1. The smallest absolute Gasteiger partial charge is 0.308 e. The van der Waals surface area contributed by atoms with E-state index in [1.165, 1.54) is 12.1 Å². The van der Waals surface area contributed by atoms with Gasteiger partial charge in [0.1, 0.15) is 4.90 Å². The van der Waals surface area contributed by atoms with Crippen LogP contribution in [-0.4, -0.2) is 35.6 Å². The van der Waals surface area contributed by atoms with Gasteiger partial charge in [-0.2, -0.15) is 0 Å². The third-order valence-electron chi connectivity index (χ3n) is 4.87. The summed E-state index contributed by atoms with van der Waals surface area (Å²) in [5.74, 6) is -1.05. The Kier molecular flexibility index (Phi) is 4.99. The Morgan fingerprint density at radius 3 is 2.57 bits per heavy atom. The highest BCUT2D eigenvalue weighted by Gasteiger charge is 2.40. The molecular formula is C20H19N3O5S2. The standard InChI is InChI=1S/C20H19N3O5S2/c1-12(2)23-15-8-7-13(11-16(15)29-20(23)26)21-18(24)9-10-22-19(25)14-5-3-4-6-17(14)30(22,27)28/h3-8,11-12H,9-10H2,1-2H3,(H,21,24). The van der Waals surface area contributed by atoms with Gasteiger partial charge >= 0.3 is 4.87 Å². The van der Waals surface area contributed by atoms with Crippen LogP contribution >= 0.6 is 11.3 Å². The van der Waals surface area contributed by atoms with E-state index in [1.807, 2.05) is 13.8 Å². The molecule has 1 aliphatic heterocycles. The predicted octanol–water partition coefficient (Wildman–Crippen LogP) is 2.82. The van der Waals surface area contributed by atoms with Gasteiger partial charge in [-0.15, -0.1) is 0 Å². The van der Waals surface area contributed by atoms with Crippen LogP contribution in [0.15, 0.2) is 52.2 Å². The van der Waals surface area contributed by atoms with Crippen LogP contribution in [0.25, 0.3) is 10.2 Å². The second-order valence-electron chi connectivity index (χ2n) is 7.19. The molecule has 0 saturated carbocycles. The van der Waals surface area contributed by atoms with Crippen molar-refractivity contribution in [2.75, 3.05) is 11.9 Å². The van der Waals surface area contributed by atoms with Gasteiger partial charge in [-0.3, -0.25) is 19.0 Å². The number of fused-ring (bicyclic) bond motifs is 2. The van der Waals surface area contributed by atoms with Gasteiger partial charge in [0, 0.05) is 24.7 Å². The molecule has 1 aliphatic rings. The van der Waals surface area contributed by atoms with E-state index in [0.29, 0.717) is 5.69 Å². The van der Waals surface area contributed by atoms with Crippen LogP contribution in [0.3, 0.4) is 0 Å². The van der Waals surface area contributed by atoms with E-state index in [9.17, 15) is 22.8 Å². The van der Waals surface area contributed by atoms with Gasteiger partial charge in [0.15, 0.2) is 0 Å². The molecule has 30 heavy (non-hydrogen) atoms. The summed E-state index contributed by atoms with van der Waals surface area (Å²) in [5, 5.41) is 2.70. The zero-order valence-corrected chi connectivity index (χ0v) is 17.9. The average molecular weight is 446 g/mol. The summed E-state index contributed by atoms with van der Waals surface area (Å²) in [6.07, 6.45) is -0.180. The molecule has 0 spiro atoms. The lowest BCUT2D eigenvalue weighted by Gasteiger charge is -2.15. The summed E-state index contributed by atoms with van der Waals surface area (Å²) in [7, 11) is -3.94. The number of thiazole rings is 1. The number of anilines is 1. The van der Waals surface area contributed by atoms with E-state index in [2.05, 4.69) is 5.32 Å². The Hall–Kier alpha value is -2.98. The summed E-state index contributed by atoms with van der Waals surface area (Å²) in [6, 6.07) is 11.2. The Morgan fingerprint density at radius 2 is 1.87 bits per heavy atom. The Bertz CT molecular complexity index is 1340. The minimum absolute atomic E-state index is 0.0239. The number of nitrogens with one attached hydrogen (secondary N) is 1. The number of carbonyl (C=O) groups excluding carboxylic acids is 2. The van der Waals surface area contributed by atoms with Gasteiger partial charge in [0.25, 0.3) is 15.9 Å². The first-order valence-electron chi connectivity index (χ1n) is 9.31. The summed E-state index contributed by atoms with van der Waals surface area (Å²) in [4.78, 5) is 36.8. The second-order valence-corrected chi connectivity index (χ2v) is 10.0. The van der Waals surface area contributed by atoms with Gasteiger partial charge in [-0.25, -0.2) is 12.7 Å². The van der Waals surface area contributed by atoms with Crippen LogP contribution in [0.4, 0.5) is 5.69 Å². The van der Waals surface area contributed by atoms with Crippen molar-refractivity contribution in [3.8, 4) is 0 Å². The van der Waals surface area contributed by atoms with E-state index in [-0.39, 0.29) is 34.3 Å². The fourth-order valence-electron chi connectivity index (χ4n) is 3.48. The van der Waals surface area contributed by atoms with Crippen molar-refractivity contribution in [1.82, 2.24) is 8.87 Å². The maximum absolute atomic E-state index is 12.5. The number of rotatable bonds is 5. The van der Waals surface area contributed by atoms with E-state index in [1.54, 1.807) is 34.9 Å². The number of hydrogen-bond acceptors (Lipinski definition) is 6. The molecule has 1 aromatic heterocycles. The fraction of sp³-hybridized carbons (Fsp3) is 0.250. The van der Waals surface area contributed by atoms with Crippen LogP contribution in [0.5, 0.6) is 0 Å². The molecule has 0 bridgehead atoms. The highest BCUT2D eigenvalue weighted by molar-refractivity contribution is 7.90. The molecule has 0 unspecified atom stereocenters. The minimum atomic E-state index is -3.94. The Labute approximate surface area is 176 Å². The first-order valence-corrected chi connectivity index (χ1v) is 11.6. The Balaban J connectivity index is 1.47. The Morgan fingerprint density at radius 1 is 1.13 bits per heavy atom. The lowest BCUT2D eigenvalue weighted by Crippen LogP contribution is -2.33. The van der Waals surface area contributed by atoms with E-state index in [4.69, 9.17) is 0 Å². The molecule has 2 amide bonds. The van der Waals surface area contributed by atoms with Gasteiger partial charge in [0.05, 0.1) is 15.8 Å². The summed E-state index contributed by atoms with van der Waals surface area (Å²) in [6.45, 7) is 3.60. The number of amides is 2. The van der Waals surface area contributed by atoms with Crippen LogP contribution < -0.4 is 10.2 Å². The molecule has 0 radical (unpaired) electrons. The molecule has 4 rings (SSSR count). The number of aromatic nitrogens is 1. The monoisotopic (exact) mass is 445 g/mol. The van der Waals surface area contributed by atoms with Crippen molar-refractivity contribution in [1.29, 1.82) is 0 Å². The predicted molar refractivity (Wildman–Crippen MR) is 114 cm³/mol. The van der Waals surface area contributed by atoms with Gasteiger partial charge in [0.2, 0.25) is 5.91 Å². The lowest BCUT2D eigenvalue weighted by atomic mass is 10.2. The molecule has 2 heterocycles. The number of nitrogens with zero attached hydrogens (tertiary/aromatic N) is 2. The second kappa shape index (κ2) is 7.37. The summed E-state index contributed by atoms with van der Waals surface area (Å²) < 4.78 is 28.3. The maximum Gasteiger partial charge on any atom is 0.308 e. The molecule has 156 valence electrons. The van der Waals surface area contributed by atoms with Crippen LogP contribution in [0.1, 0.15) is 36.7 Å². The van der Waals surface area contributed by atoms with Gasteiger partial charge < -0.3 is 5.32 Å². The SMILES string of the molecule is CC(C)n1c(=O)sc2cc(NC(=O)CCN3C(=O)c4ccccc4S3(=O)=O)ccc21. The minimum Gasteiger partial charge on any atom is -0.326 e. The van der Waals surface area contributed by atoms with Gasteiger partial charge in [-0.05, 0) is 44.2 Å². The first-order chi connectivity index (χ1) is 14.2. The lowest BCUT2D eigenvalue weighted by molar-refractivity contribution is -0.116. The molecule has 0 atom stereocenters. The first kappa shape index (κ1) is 20.3. The largest absolute Gasteiger partial charge is 0.326 e. The molecule has 2 aromatic carbocycles. The molecule has 0 fully saturated rings. The highest BCUT2D eigenvalue weighted by atomic mass is 32.2. The maximum atomic E-state index is 12.5. The van der Waals surface area contributed by atoms with Crippen LogP contribution in [-0.2, 0) is 14.8 Å². The molecule has 0 saturated heterocycles. The van der Waals surface area contributed by atoms with Crippen molar-refractivity contribution >= 4 is 49.1 Å². The number of benzene rings is 2. The number of carbonyl (C=O) groups is 2. The quantitative estimate of drug-likeness (QED) is 0.650. The number of hydrogen-bond donors (Lipinski definition) is 1. The highest BCUT2D eigenvalue weighted by Crippen LogP contribution is 2.30. The van der Waals surface area contributed by atoms with Crippen molar-refractivity contribution in [2.24, 2.45) is 0 Å². The zero-order chi connectivity index (χ0) is 21.6. The zero-order valence-electron chi connectivity index (χ0n) is 16.3. The van der Waals surface area contributed by atoms with Crippen molar-refractivity contribution in [3.63, 3.8) is 0 Å². The van der Waals surface area contributed by atoms with Crippen molar-refractivity contribution in [3.05, 3.63) is 57.7 Å². The molecule has 8 nitrogen and oxygen atoms in total. The van der Waals surface area contributed by atoms with Crippen LogP contribution in [0, 0.1) is 0 Å². The van der Waals surface area contributed by atoms with E-state index in [0.717, 1.165) is 25.9 Å². The van der Waals surface area contributed by atoms with Crippen molar-refractivity contribution < 1.29 is 18.0 Å². The van der Waals surface area contributed by atoms with E-state index >= 15 is 0 Å². The molecule has 1 N–H and O–H groups in total. The fourth-order valence-corrected chi connectivity index (χ4v) is 6.10. The topological polar surface area (TPSA) is 106 Å². The van der Waals surface area contributed by atoms with Gasteiger partial charge in [-0.1, -0.05) is 23.5 Å². The third kappa shape index (κ3) is 3.31. The summed E-state index contributed by atoms with van der Waals surface area (Å²) >= 11 is 1.10. The molecular weight excluding hydrogens is 426 g/mol. The normalized spacial score (nSPS) is 15.0. The summed E-state index contributed by atoms with van der Waals surface area (Å²) in [5.41, 5.74) is 1.42. The molecule has 10 heteroatoms. The van der Waals surface area contributed by atoms with Crippen LogP contribution in [0.2, 0.25) is 0 Å². The van der Waals surface area contributed by atoms with Crippen molar-refractivity contribution in [2.45, 2.75) is 31.2 Å². The van der Waals surface area contributed by atoms with E-state index < -0.39 is 21.8 Å². The molecule has 3 aromatic rings. The molecule has 0 aliphatic carbocycles.